The van der Waals surface area contributed by atoms with E-state index in [9.17, 15) is 14.7 Å². The van der Waals surface area contributed by atoms with Crippen molar-refractivity contribution in [1.82, 2.24) is 5.32 Å². The number of carboxylic acids is 1. The van der Waals surface area contributed by atoms with E-state index in [2.05, 4.69) is 5.32 Å². The molecule has 0 fully saturated rings. The van der Waals surface area contributed by atoms with Crippen LogP contribution in [-0.4, -0.2) is 42.3 Å². The molecule has 0 aromatic heterocycles. The van der Waals surface area contributed by atoms with Crippen LogP contribution in [0, 0.1) is 0 Å². The first-order valence-electron chi connectivity index (χ1n) is 6.79. The molecule has 0 heterocycles. The molecular weight excluding hydrogens is 310 g/mol. The van der Waals surface area contributed by atoms with Crippen LogP contribution in [-0.2, 0) is 14.3 Å². The maximum absolute atomic E-state index is 12.3. The molecule has 0 saturated carbocycles. The van der Waals surface area contributed by atoms with Crippen molar-refractivity contribution in [2.45, 2.75) is 31.9 Å². The van der Waals surface area contributed by atoms with Crippen molar-refractivity contribution in [2.75, 3.05) is 13.7 Å². The molecule has 0 radical (unpaired) electrons. The molecule has 1 amide bonds. The van der Waals surface area contributed by atoms with Crippen LogP contribution in [0.25, 0.3) is 0 Å². The van der Waals surface area contributed by atoms with Crippen LogP contribution in [0.2, 0.25) is 5.02 Å². The summed E-state index contributed by atoms with van der Waals surface area (Å²) in [5, 5.41) is 12.1. The van der Waals surface area contributed by atoms with Crippen LogP contribution in [0.4, 0.5) is 0 Å². The Balaban J connectivity index is 2.84. The summed E-state index contributed by atoms with van der Waals surface area (Å²) in [6.45, 7) is 2.98. The summed E-state index contributed by atoms with van der Waals surface area (Å²) >= 11 is 5.99. The molecular formula is C15H20ClNO5. The smallest absolute Gasteiger partial charge is 0.331 e. The lowest BCUT2D eigenvalue weighted by Gasteiger charge is -2.28. The first kappa shape index (κ1) is 18.3. The van der Waals surface area contributed by atoms with E-state index in [4.69, 9.17) is 21.1 Å². The van der Waals surface area contributed by atoms with Gasteiger partial charge in [0.05, 0.1) is 11.6 Å². The second-order valence-electron chi connectivity index (χ2n) is 5.00. The zero-order chi connectivity index (χ0) is 16.8. The molecule has 1 aromatic carbocycles. The van der Waals surface area contributed by atoms with Crippen LogP contribution >= 0.6 is 11.6 Å². The average Bonchev–Trinajstić information content (AvgIpc) is 2.46. The first-order valence-corrected chi connectivity index (χ1v) is 7.17. The van der Waals surface area contributed by atoms with Gasteiger partial charge in [0, 0.05) is 7.11 Å². The number of nitrogens with one attached hydrogen (secondary N) is 1. The standard InChI is InChI=1S/C15H20ClNO5/c1-4-11(22-12-8-6-5-7-10(12)16)13(18)17-15(2,9-21-3)14(19)20/h5-8,11H,4,9H2,1-3H3,(H,17,18)(H,19,20). The lowest BCUT2D eigenvalue weighted by molar-refractivity contribution is -0.150. The normalized spacial score (nSPS) is 14.7. The largest absolute Gasteiger partial charge is 0.479 e. The fourth-order valence-electron chi connectivity index (χ4n) is 1.81. The van der Waals surface area contributed by atoms with E-state index < -0.39 is 23.5 Å². The summed E-state index contributed by atoms with van der Waals surface area (Å²) in [7, 11) is 1.37. The summed E-state index contributed by atoms with van der Waals surface area (Å²) in [5.74, 6) is -1.35. The molecule has 22 heavy (non-hydrogen) atoms. The van der Waals surface area contributed by atoms with Gasteiger partial charge in [-0.2, -0.15) is 0 Å². The molecule has 0 saturated heterocycles. The van der Waals surface area contributed by atoms with E-state index in [0.29, 0.717) is 17.2 Å². The maximum atomic E-state index is 12.3. The number of para-hydroxylation sites is 1. The number of ether oxygens (including phenoxy) is 2. The highest BCUT2D eigenvalue weighted by molar-refractivity contribution is 6.32. The third kappa shape index (κ3) is 4.61. The van der Waals surface area contributed by atoms with Gasteiger partial charge < -0.3 is 19.9 Å². The number of amides is 1. The summed E-state index contributed by atoms with van der Waals surface area (Å²) in [5.41, 5.74) is -1.52. The molecule has 6 nitrogen and oxygen atoms in total. The summed E-state index contributed by atoms with van der Waals surface area (Å²) < 4.78 is 10.4. The molecule has 0 aliphatic rings. The lowest BCUT2D eigenvalue weighted by Crippen LogP contribution is -2.58. The first-order chi connectivity index (χ1) is 10.3. The third-order valence-electron chi connectivity index (χ3n) is 3.07. The van der Waals surface area contributed by atoms with Crippen LogP contribution in [0.5, 0.6) is 5.75 Å². The van der Waals surface area contributed by atoms with E-state index in [0.717, 1.165) is 0 Å². The van der Waals surface area contributed by atoms with Gasteiger partial charge >= 0.3 is 5.97 Å². The molecule has 1 aromatic rings. The van der Waals surface area contributed by atoms with Crippen LogP contribution in [0.3, 0.4) is 0 Å². The number of rotatable bonds is 8. The number of carboxylic acid groups (broad SMARTS) is 1. The lowest BCUT2D eigenvalue weighted by atomic mass is 10.0. The molecule has 122 valence electrons. The topological polar surface area (TPSA) is 84.9 Å². The Hall–Kier alpha value is -1.79. The molecule has 0 bridgehead atoms. The minimum Gasteiger partial charge on any atom is -0.479 e. The Labute approximate surface area is 134 Å². The van der Waals surface area contributed by atoms with E-state index in [-0.39, 0.29) is 6.61 Å². The highest BCUT2D eigenvalue weighted by Gasteiger charge is 2.37. The predicted octanol–water partition coefficient (Wildman–Crippen LogP) is 2.10. The minimum absolute atomic E-state index is 0.156. The monoisotopic (exact) mass is 329 g/mol. The number of methoxy groups -OCH3 is 1. The molecule has 0 aliphatic carbocycles. The quantitative estimate of drug-likeness (QED) is 0.763. The number of carbonyl (C=O) groups excluding carboxylic acids is 1. The van der Waals surface area contributed by atoms with Gasteiger partial charge in [-0.3, -0.25) is 4.79 Å². The molecule has 2 N–H and O–H groups in total. The van der Waals surface area contributed by atoms with Crippen molar-refractivity contribution in [3.05, 3.63) is 29.3 Å². The highest BCUT2D eigenvalue weighted by Crippen LogP contribution is 2.25. The van der Waals surface area contributed by atoms with Gasteiger partial charge in [-0.1, -0.05) is 30.7 Å². The fraction of sp³-hybridized carbons (Fsp3) is 0.467. The van der Waals surface area contributed by atoms with E-state index in [1.54, 1.807) is 31.2 Å². The second kappa shape index (κ2) is 8.00. The summed E-state index contributed by atoms with van der Waals surface area (Å²) in [6.07, 6.45) is -0.491. The van der Waals surface area contributed by atoms with Crippen molar-refractivity contribution >= 4 is 23.5 Å². The van der Waals surface area contributed by atoms with Crippen molar-refractivity contribution in [2.24, 2.45) is 0 Å². The molecule has 1 rings (SSSR count). The Morgan fingerprint density at radius 3 is 2.55 bits per heavy atom. The molecule has 0 aliphatic heterocycles. The van der Waals surface area contributed by atoms with Crippen molar-refractivity contribution in [1.29, 1.82) is 0 Å². The second-order valence-corrected chi connectivity index (χ2v) is 5.41. The van der Waals surface area contributed by atoms with Crippen LogP contribution in [0.1, 0.15) is 20.3 Å². The number of hydrogen-bond donors (Lipinski definition) is 2. The number of carbonyl (C=O) groups is 2. The Morgan fingerprint density at radius 1 is 1.41 bits per heavy atom. The van der Waals surface area contributed by atoms with Crippen molar-refractivity contribution in [3.63, 3.8) is 0 Å². The Morgan fingerprint density at radius 2 is 2.05 bits per heavy atom. The Kier molecular flexibility index (Phi) is 6.64. The minimum atomic E-state index is -1.52. The van der Waals surface area contributed by atoms with Gasteiger partial charge in [-0.25, -0.2) is 4.79 Å². The number of aliphatic carboxylic acids is 1. The Bertz CT molecular complexity index is 536. The van der Waals surface area contributed by atoms with E-state index >= 15 is 0 Å². The third-order valence-corrected chi connectivity index (χ3v) is 3.39. The van der Waals surface area contributed by atoms with Gasteiger partial charge in [0.1, 0.15) is 5.75 Å². The molecule has 0 spiro atoms. The molecule has 7 heteroatoms. The van der Waals surface area contributed by atoms with Gasteiger partial charge in [0.15, 0.2) is 11.6 Å². The summed E-state index contributed by atoms with van der Waals surface area (Å²) in [6, 6.07) is 6.77. The zero-order valence-corrected chi connectivity index (χ0v) is 13.5. The van der Waals surface area contributed by atoms with E-state index in [1.165, 1.54) is 14.0 Å². The number of benzene rings is 1. The van der Waals surface area contributed by atoms with E-state index in [1.807, 2.05) is 0 Å². The highest BCUT2D eigenvalue weighted by atomic mass is 35.5. The zero-order valence-electron chi connectivity index (χ0n) is 12.8. The molecule has 2 unspecified atom stereocenters. The number of halogens is 1. The SMILES string of the molecule is CCC(Oc1ccccc1Cl)C(=O)NC(C)(COC)C(=O)O. The number of hydrogen-bond acceptors (Lipinski definition) is 4. The fourth-order valence-corrected chi connectivity index (χ4v) is 1.99. The van der Waals surface area contributed by atoms with Gasteiger partial charge in [0.2, 0.25) is 0 Å². The average molecular weight is 330 g/mol. The predicted molar refractivity (Wildman–Crippen MR) is 82.2 cm³/mol. The van der Waals surface area contributed by atoms with Crippen LogP contribution < -0.4 is 10.1 Å². The van der Waals surface area contributed by atoms with Gasteiger partial charge in [0.25, 0.3) is 5.91 Å². The summed E-state index contributed by atoms with van der Waals surface area (Å²) in [4.78, 5) is 23.6. The van der Waals surface area contributed by atoms with Gasteiger partial charge in [-0.05, 0) is 25.5 Å². The van der Waals surface area contributed by atoms with Crippen LogP contribution in [0.15, 0.2) is 24.3 Å². The van der Waals surface area contributed by atoms with Crippen molar-refractivity contribution < 1.29 is 24.2 Å². The maximum Gasteiger partial charge on any atom is 0.331 e. The molecule has 2 atom stereocenters. The van der Waals surface area contributed by atoms with Gasteiger partial charge in [-0.15, -0.1) is 0 Å². The van der Waals surface area contributed by atoms with Crippen molar-refractivity contribution in [3.8, 4) is 5.75 Å².